The van der Waals surface area contributed by atoms with E-state index in [1.165, 1.54) is 17.7 Å². The van der Waals surface area contributed by atoms with E-state index in [0.717, 1.165) is 5.69 Å². The van der Waals surface area contributed by atoms with Crippen molar-refractivity contribution in [1.29, 1.82) is 0 Å². The average molecular weight is 324 g/mol. The van der Waals surface area contributed by atoms with Gasteiger partial charge in [-0.3, -0.25) is 0 Å². The highest BCUT2D eigenvalue weighted by Crippen LogP contribution is 2.20. The molecule has 2 aromatic carbocycles. The molecule has 0 atom stereocenters. The molecule has 0 bridgehead atoms. The van der Waals surface area contributed by atoms with Crippen molar-refractivity contribution < 1.29 is 9.13 Å². The first-order chi connectivity index (χ1) is 9.13. The number of ether oxygens (including phenoxy) is 1. The van der Waals surface area contributed by atoms with Crippen LogP contribution >= 0.6 is 15.9 Å². The number of aryl methyl sites for hydroxylation is 1. The van der Waals surface area contributed by atoms with Crippen LogP contribution < -0.4 is 10.1 Å². The second-order valence-electron chi connectivity index (χ2n) is 4.25. The Hall–Kier alpha value is -1.55. The van der Waals surface area contributed by atoms with Crippen LogP contribution in [0.2, 0.25) is 0 Å². The summed E-state index contributed by atoms with van der Waals surface area (Å²) in [5, 5.41) is 3.25. The summed E-state index contributed by atoms with van der Waals surface area (Å²) in [6.07, 6.45) is 0. The summed E-state index contributed by atoms with van der Waals surface area (Å²) in [7, 11) is 0. The van der Waals surface area contributed by atoms with Crippen LogP contribution in [0, 0.1) is 12.7 Å². The lowest BCUT2D eigenvalue weighted by Crippen LogP contribution is -2.11. The van der Waals surface area contributed by atoms with Crippen molar-refractivity contribution in [3.63, 3.8) is 0 Å². The first-order valence-corrected chi connectivity index (χ1v) is 6.82. The van der Waals surface area contributed by atoms with Gasteiger partial charge in [0.25, 0.3) is 0 Å². The predicted octanol–water partition coefficient (Wildman–Crippen LogP) is 4.39. The third-order valence-electron chi connectivity index (χ3n) is 2.55. The van der Waals surface area contributed by atoms with Crippen molar-refractivity contribution in [3.05, 3.63) is 58.3 Å². The van der Waals surface area contributed by atoms with E-state index < -0.39 is 0 Å². The van der Waals surface area contributed by atoms with Crippen LogP contribution in [0.15, 0.2) is 46.9 Å². The number of nitrogens with one attached hydrogen (secondary N) is 1. The SMILES string of the molecule is Cc1cccc(NCCOc2cc(F)cc(Br)c2)c1. The average Bonchev–Trinajstić information content (AvgIpc) is 2.34. The van der Waals surface area contributed by atoms with Crippen LogP contribution in [0.1, 0.15) is 5.56 Å². The molecule has 0 radical (unpaired) electrons. The molecule has 0 fully saturated rings. The van der Waals surface area contributed by atoms with Gasteiger partial charge in [0.15, 0.2) is 0 Å². The minimum Gasteiger partial charge on any atom is -0.492 e. The molecule has 100 valence electrons. The quantitative estimate of drug-likeness (QED) is 0.824. The second-order valence-corrected chi connectivity index (χ2v) is 5.17. The van der Waals surface area contributed by atoms with Gasteiger partial charge in [0.2, 0.25) is 0 Å². The molecule has 0 aromatic heterocycles. The van der Waals surface area contributed by atoms with Gasteiger partial charge in [-0.1, -0.05) is 28.1 Å². The Kier molecular flexibility index (Phi) is 4.80. The Labute approximate surface area is 120 Å². The summed E-state index contributed by atoms with van der Waals surface area (Å²) < 4.78 is 19.3. The zero-order valence-electron chi connectivity index (χ0n) is 10.6. The van der Waals surface area contributed by atoms with E-state index in [4.69, 9.17) is 4.74 Å². The number of halogens is 2. The Bertz CT molecular complexity index is 539. The summed E-state index contributed by atoms with van der Waals surface area (Å²) >= 11 is 3.23. The van der Waals surface area contributed by atoms with Gasteiger partial charge in [-0.25, -0.2) is 4.39 Å². The van der Waals surface area contributed by atoms with Gasteiger partial charge in [-0.2, -0.15) is 0 Å². The fraction of sp³-hybridized carbons (Fsp3) is 0.200. The molecule has 0 spiro atoms. The fourth-order valence-electron chi connectivity index (χ4n) is 1.73. The largest absolute Gasteiger partial charge is 0.492 e. The molecule has 0 unspecified atom stereocenters. The minimum atomic E-state index is -0.309. The van der Waals surface area contributed by atoms with E-state index in [0.29, 0.717) is 23.4 Å². The molecule has 2 nitrogen and oxygen atoms in total. The molecule has 0 heterocycles. The molecule has 0 aliphatic heterocycles. The first kappa shape index (κ1) is 13.9. The molecule has 0 saturated carbocycles. The van der Waals surface area contributed by atoms with E-state index in [9.17, 15) is 4.39 Å². The monoisotopic (exact) mass is 323 g/mol. The highest BCUT2D eigenvalue weighted by Gasteiger charge is 2.00. The molecule has 4 heteroatoms. The molecule has 0 saturated heterocycles. The molecule has 0 amide bonds. The Morgan fingerprint density at radius 3 is 2.79 bits per heavy atom. The van der Waals surface area contributed by atoms with E-state index in [-0.39, 0.29) is 5.82 Å². The van der Waals surface area contributed by atoms with Crippen molar-refractivity contribution in [2.75, 3.05) is 18.5 Å². The Morgan fingerprint density at radius 1 is 1.21 bits per heavy atom. The molecule has 0 aliphatic rings. The van der Waals surface area contributed by atoms with Gasteiger partial charge in [0, 0.05) is 22.8 Å². The summed E-state index contributed by atoms with van der Waals surface area (Å²) in [5.74, 6) is 0.217. The molecule has 2 aromatic rings. The maximum absolute atomic E-state index is 13.1. The first-order valence-electron chi connectivity index (χ1n) is 6.03. The fourth-order valence-corrected chi connectivity index (χ4v) is 2.18. The van der Waals surface area contributed by atoms with Gasteiger partial charge in [0.1, 0.15) is 18.2 Å². The third-order valence-corrected chi connectivity index (χ3v) is 3.01. The topological polar surface area (TPSA) is 21.3 Å². The van der Waals surface area contributed by atoms with Gasteiger partial charge in [-0.15, -0.1) is 0 Å². The van der Waals surface area contributed by atoms with Crippen LogP contribution in [-0.2, 0) is 0 Å². The molecule has 0 aliphatic carbocycles. The minimum absolute atomic E-state index is 0.309. The lowest BCUT2D eigenvalue weighted by molar-refractivity contribution is 0.331. The van der Waals surface area contributed by atoms with Gasteiger partial charge in [0.05, 0.1) is 0 Å². The van der Waals surface area contributed by atoms with Crippen LogP contribution in [0.3, 0.4) is 0 Å². The zero-order chi connectivity index (χ0) is 13.7. The number of rotatable bonds is 5. The zero-order valence-corrected chi connectivity index (χ0v) is 12.2. The van der Waals surface area contributed by atoms with Crippen LogP contribution in [-0.4, -0.2) is 13.2 Å². The summed E-state index contributed by atoms with van der Waals surface area (Å²) in [5.41, 5.74) is 2.27. The van der Waals surface area contributed by atoms with Crippen molar-refractivity contribution in [2.45, 2.75) is 6.92 Å². The van der Waals surface area contributed by atoms with Crippen LogP contribution in [0.5, 0.6) is 5.75 Å². The third kappa shape index (κ3) is 4.56. The molecular formula is C15H15BrFNO. The molecule has 19 heavy (non-hydrogen) atoms. The van der Waals surface area contributed by atoms with Crippen molar-refractivity contribution in [2.24, 2.45) is 0 Å². The number of benzene rings is 2. The van der Waals surface area contributed by atoms with Gasteiger partial charge >= 0.3 is 0 Å². The maximum Gasteiger partial charge on any atom is 0.128 e. The normalized spacial score (nSPS) is 10.3. The van der Waals surface area contributed by atoms with Gasteiger partial charge < -0.3 is 10.1 Å². The molecular weight excluding hydrogens is 309 g/mol. The van der Waals surface area contributed by atoms with Crippen LogP contribution in [0.4, 0.5) is 10.1 Å². The van der Waals surface area contributed by atoms with Gasteiger partial charge in [-0.05, 0) is 36.8 Å². The Balaban J connectivity index is 1.80. The Morgan fingerprint density at radius 2 is 2.05 bits per heavy atom. The lowest BCUT2D eigenvalue weighted by Gasteiger charge is -2.09. The summed E-state index contributed by atoms with van der Waals surface area (Å²) in [4.78, 5) is 0. The smallest absolute Gasteiger partial charge is 0.128 e. The standard InChI is InChI=1S/C15H15BrFNO/c1-11-3-2-4-14(7-11)18-5-6-19-15-9-12(16)8-13(17)10-15/h2-4,7-10,18H,5-6H2,1H3. The summed E-state index contributed by atoms with van der Waals surface area (Å²) in [6, 6.07) is 12.6. The highest BCUT2D eigenvalue weighted by atomic mass is 79.9. The maximum atomic E-state index is 13.1. The van der Waals surface area contributed by atoms with Crippen LogP contribution in [0.25, 0.3) is 0 Å². The van der Waals surface area contributed by atoms with Crippen molar-refractivity contribution >= 4 is 21.6 Å². The molecule has 2 rings (SSSR count). The molecule has 1 N–H and O–H groups in total. The second kappa shape index (κ2) is 6.57. The van der Waals surface area contributed by atoms with E-state index in [1.807, 2.05) is 25.1 Å². The highest BCUT2D eigenvalue weighted by molar-refractivity contribution is 9.10. The lowest BCUT2D eigenvalue weighted by atomic mass is 10.2. The van der Waals surface area contributed by atoms with E-state index in [1.54, 1.807) is 6.07 Å². The predicted molar refractivity (Wildman–Crippen MR) is 79.3 cm³/mol. The number of anilines is 1. The van der Waals surface area contributed by atoms with E-state index >= 15 is 0 Å². The van der Waals surface area contributed by atoms with Crippen molar-refractivity contribution in [3.8, 4) is 5.75 Å². The van der Waals surface area contributed by atoms with Crippen molar-refractivity contribution in [1.82, 2.24) is 0 Å². The summed E-state index contributed by atoms with van der Waals surface area (Å²) in [6.45, 7) is 3.19. The van der Waals surface area contributed by atoms with E-state index in [2.05, 4.69) is 27.3 Å². The number of hydrogen-bond acceptors (Lipinski definition) is 2. The number of hydrogen-bond donors (Lipinski definition) is 1.